The van der Waals surface area contributed by atoms with Crippen LogP contribution in [0.2, 0.25) is 5.02 Å². The van der Waals surface area contributed by atoms with Gasteiger partial charge in [-0.2, -0.15) is 5.26 Å². The molecule has 3 aromatic rings. The van der Waals surface area contributed by atoms with Crippen LogP contribution < -0.4 is 10.1 Å². The molecule has 0 bridgehead atoms. The number of rotatable bonds is 5. The van der Waals surface area contributed by atoms with Gasteiger partial charge in [0.25, 0.3) is 5.91 Å². The van der Waals surface area contributed by atoms with Crippen molar-refractivity contribution in [1.82, 2.24) is 0 Å². The fourth-order valence-electron chi connectivity index (χ4n) is 2.46. The standard InChI is InChI=1S/C21H14BrClN2O3/c1-27-20-8-6-16(23)11-18(20)25-21(26)14(12-24)10-17-7-9-19(28-17)13-2-4-15(22)5-3-13/h2-11H,1H3,(H,25,26). The maximum atomic E-state index is 12.5. The van der Waals surface area contributed by atoms with E-state index in [-0.39, 0.29) is 5.57 Å². The second-order valence-electron chi connectivity index (χ2n) is 5.68. The minimum atomic E-state index is -0.593. The van der Waals surface area contributed by atoms with Crippen LogP contribution in [0.3, 0.4) is 0 Å². The molecule has 0 unspecified atom stereocenters. The van der Waals surface area contributed by atoms with Gasteiger partial charge in [-0.1, -0.05) is 39.7 Å². The normalized spacial score (nSPS) is 11.0. The van der Waals surface area contributed by atoms with E-state index >= 15 is 0 Å². The third kappa shape index (κ3) is 4.63. The number of halogens is 2. The van der Waals surface area contributed by atoms with Crippen LogP contribution in [0.25, 0.3) is 17.4 Å². The average Bonchev–Trinajstić information content (AvgIpc) is 3.15. The van der Waals surface area contributed by atoms with Crippen LogP contribution in [0.4, 0.5) is 5.69 Å². The number of anilines is 1. The number of ether oxygens (including phenoxy) is 1. The number of nitrogens with zero attached hydrogens (tertiary/aromatic N) is 1. The van der Waals surface area contributed by atoms with Gasteiger partial charge in [0, 0.05) is 21.1 Å². The van der Waals surface area contributed by atoms with E-state index in [1.165, 1.54) is 13.2 Å². The number of nitriles is 1. The van der Waals surface area contributed by atoms with Crippen molar-refractivity contribution in [3.8, 4) is 23.1 Å². The Morgan fingerprint density at radius 2 is 1.96 bits per heavy atom. The van der Waals surface area contributed by atoms with Gasteiger partial charge >= 0.3 is 0 Å². The Balaban J connectivity index is 1.82. The smallest absolute Gasteiger partial charge is 0.266 e. The Bertz CT molecular complexity index is 1080. The number of furan rings is 1. The van der Waals surface area contributed by atoms with Gasteiger partial charge in [0.2, 0.25) is 0 Å². The van der Waals surface area contributed by atoms with Crippen LogP contribution in [-0.4, -0.2) is 13.0 Å². The summed E-state index contributed by atoms with van der Waals surface area (Å²) in [6, 6.07) is 17.8. The second-order valence-corrected chi connectivity index (χ2v) is 7.03. The van der Waals surface area contributed by atoms with Gasteiger partial charge in [-0.15, -0.1) is 0 Å². The molecule has 0 saturated heterocycles. The molecule has 2 aromatic carbocycles. The molecule has 0 aliphatic rings. The number of hydrogen-bond acceptors (Lipinski definition) is 4. The molecule has 0 saturated carbocycles. The maximum Gasteiger partial charge on any atom is 0.266 e. The molecule has 7 heteroatoms. The van der Waals surface area contributed by atoms with Crippen molar-refractivity contribution in [1.29, 1.82) is 5.26 Å². The van der Waals surface area contributed by atoms with E-state index in [1.54, 1.807) is 30.3 Å². The molecular weight excluding hydrogens is 444 g/mol. The first kappa shape index (κ1) is 19.7. The lowest BCUT2D eigenvalue weighted by Gasteiger charge is -2.09. The predicted octanol–water partition coefficient (Wildman–Crippen LogP) is 5.92. The van der Waals surface area contributed by atoms with Gasteiger partial charge in [0.05, 0.1) is 12.8 Å². The fraction of sp³-hybridized carbons (Fsp3) is 0.0476. The Hall–Kier alpha value is -3.01. The van der Waals surface area contributed by atoms with Crippen LogP contribution in [0.5, 0.6) is 5.75 Å². The molecule has 1 heterocycles. The summed E-state index contributed by atoms with van der Waals surface area (Å²) in [6.45, 7) is 0. The molecule has 28 heavy (non-hydrogen) atoms. The number of hydrogen-bond donors (Lipinski definition) is 1. The number of benzene rings is 2. The van der Waals surface area contributed by atoms with Crippen molar-refractivity contribution >= 4 is 45.2 Å². The monoisotopic (exact) mass is 456 g/mol. The third-order valence-corrected chi connectivity index (χ3v) is 4.58. The van der Waals surface area contributed by atoms with Crippen LogP contribution in [0.1, 0.15) is 5.76 Å². The molecule has 1 N–H and O–H groups in total. The summed E-state index contributed by atoms with van der Waals surface area (Å²) in [7, 11) is 1.48. The molecule has 0 radical (unpaired) electrons. The summed E-state index contributed by atoms with van der Waals surface area (Å²) >= 11 is 9.35. The summed E-state index contributed by atoms with van der Waals surface area (Å²) in [5.74, 6) is 0.867. The number of amides is 1. The molecule has 1 aromatic heterocycles. The van der Waals surface area contributed by atoms with Crippen molar-refractivity contribution in [2.75, 3.05) is 12.4 Å². The van der Waals surface area contributed by atoms with Gasteiger partial charge in [-0.05, 0) is 42.5 Å². The third-order valence-electron chi connectivity index (χ3n) is 3.82. The quantitative estimate of drug-likeness (QED) is 0.381. The van der Waals surface area contributed by atoms with Crippen molar-refractivity contribution in [2.24, 2.45) is 0 Å². The van der Waals surface area contributed by atoms with Gasteiger partial charge < -0.3 is 14.5 Å². The van der Waals surface area contributed by atoms with E-state index in [2.05, 4.69) is 21.2 Å². The minimum absolute atomic E-state index is 0.112. The molecule has 140 valence electrons. The molecule has 0 fully saturated rings. The predicted molar refractivity (Wildman–Crippen MR) is 112 cm³/mol. The highest BCUT2D eigenvalue weighted by molar-refractivity contribution is 9.10. The Labute approximate surface area is 175 Å². The van der Waals surface area contributed by atoms with Crippen LogP contribution >= 0.6 is 27.5 Å². The van der Waals surface area contributed by atoms with Gasteiger partial charge in [0.1, 0.15) is 28.9 Å². The summed E-state index contributed by atoms with van der Waals surface area (Å²) in [5, 5.41) is 12.5. The topological polar surface area (TPSA) is 75.3 Å². The Kier molecular flexibility index (Phi) is 6.19. The number of nitrogens with one attached hydrogen (secondary N) is 1. The van der Waals surface area contributed by atoms with Crippen LogP contribution in [0.15, 0.2) is 69.1 Å². The lowest BCUT2D eigenvalue weighted by molar-refractivity contribution is -0.112. The first-order valence-corrected chi connectivity index (χ1v) is 9.29. The molecule has 0 aliphatic carbocycles. The zero-order chi connectivity index (χ0) is 20.1. The average molecular weight is 458 g/mol. The largest absolute Gasteiger partial charge is 0.495 e. The Morgan fingerprint density at radius 3 is 2.64 bits per heavy atom. The van der Waals surface area contributed by atoms with E-state index in [0.717, 1.165) is 10.0 Å². The van der Waals surface area contributed by atoms with Crippen molar-refractivity contribution in [3.63, 3.8) is 0 Å². The minimum Gasteiger partial charge on any atom is -0.495 e. The summed E-state index contributed by atoms with van der Waals surface area (Å²) < 4.78 is 11.9. The molecule has 5 nitrogen and oxygen atoms in total. The van der Waals surface area contributed by atoms with E-state index in [1.807, 2.05) is 30.3 Å². The van der Waals surface area contributed by atoms with E-state index in [9.17, 15) is 10.1 Å². The second kappa shape index (κ2) is 8.79. The molecule has 0 spiro atoms. The van der Waals surface area contributed by atoms with Gasteiger partial charge in [-0.3, -0.25) is 4.79 Å². The maximum absolute atomic E-state index is 12.5. The zero-order valence-electron chi connectivity index (χ0n) is 14.7. The zero-order valence-corrected chi connectivity index (χ0v) is 17.0. The van der Waals surface area contributed by atoms with E-state index in [0.29, 0.717) is 28.0 Å². The SMILES string of the molecule is COc1ccc(Cl)cc1NC(=O)C(C#N)=Cc1ccc(-c2ccc(Br)cc2)o1. The summed E-state index contributed by atoms with van der Waals surface area (Å²) in [5.41, 5.74) is 1.14. The van der Waals surface area contributed by atoms with Gasteiger partial charge in [-0.25, -0.2) is 0 Å². The summed E-state index contributed by atoms with van der Waals surface area (Å²) in [4.78, 5) is 12.5. The first-order valence-electron chi connectivity index (χ1n) is 8.12. The van der Waals surface area contributed by atoms with Crippen molar-refractivity contribution in [3.05, 3.63) is 75.4 Å². The highest BCUT2D eigenvalue weighted by Gasteiger charge is 2.14. The molecule has 0 aliphatic heterocycles. The van der Waals surface area contributed by atoms with Gasteiger partial charge in [0.15, 0.2) is 0 Å². The highest BCUT2D eigenvalue weighted by Crippen LogP contribution is 2.29. The summed E-state index contributed by atoms with van der Waals surface area (Å²) in [6.07, 6.45) is 1.38. The first-order chi connectivity index (χ1) is 13.5. The highest BCUT2D eigenvalue weighted by atomic mass is 79.9. The van der Waals surface area contributed by atoms with Crippen molar-refractivity contribution in [2.45, 2.75) is 0 Å². The van der Waals surface area contributed by atoms with E-state index < -0.39 is 5.91 Å². The van der Waals surface area contributed by atoms with Crippen molar-refractivity contribution < 1.29 is 13.9 Å². The lowest BCUT2D eigenvalue weighted by atomic mass is 10.2. The van der Waals surface area contributed by atoms with Crippen LogP contribution in [0, 0.1) is 11.3 Å². The molecule has 1 amide bonds. The molecule has 3 rings (SSSR count). The Morgan fingerprint density at radius 1 is 1.21 bits per heavy atom. The number of carbonyl (C=O) groups excluding carboxylic acids is 1. The molecular formula is C21H14BrClN2O3. The number of carbonyl (C=O) groups is 1. The number of methoxy groups -OCH3 is 1. The molecule has 0 atom stereocenters. The fourth-order valence-corrected chi connectivity index (χ4v) is 2.89. The van der Waals surface area contributed by atoms with Crippen LogP contribution in [-0.2, 0) is 4.79 Å². The lowest BCUT2D eigenvalue weighted by Crippen LogP contribution is -2.14. The van der Waals surface area contributed by atoms with E-state index in [4.69, 9.17) is 20.8 Å².